The van der Waals surface area contributed by atoms with Gasteiger partial charge in [0, 0.05) is 37.4 Å². The molecule has 3 aliphatic rings. The number of rotatable bonds is 5. The second-order valence-electron chi connectivity index (χ2n) is 7.32. The van der Waals surface area contributed by atoms with Crippen molar-refractivity contribution >= 4 is 35.6 Å². The molecular weight excluding hydrogens is 390 g/mol. The van der Waals surface area contributed by atoms with Gasteiger partial charge in [-0.15, -0.1) is 11.6 Å². The molecule has 1 aromatic carbocycles. The predicted molar refractivity (Wildman–Crippen MR) is 113 cm³/mol. The summed E-state index contributed by atoms with van der Waals surface area (Å²) in [6.07, 6.45) is 3.23. The van der Waals surface area contributed by atoms with Gasteiger partial charge in [-0.1, -0.05) is 42.5 Å². The zero-order valence-corrected chi connectivity index (χ0v) is 17.5. The lowest BCUT2D eigenvalue weighted by Crippen LogP contribution is -2.64. The van der Waals surface area contributed by atoms with E-state index in [9.17, 15) is 9.59 Å². The zero-order valence-electron chi connectivity index (χ0n) is 16.7. The second kappa shape index (κ2) is 7.55. The van der Waals surface area contributed by atoms with Crippen molar-refractivity contribution in [2.45, 2.75) is 26.1 Å². The van der Waals surface area contributed by atoms with Gasteiger partial charge in [0.05, 0.1) is 0 Å². The van der Waals surface area contributed by atoms with Gasteiger partial charge in [0.2, 0.25) is 5.96 Å². The molecule has 4 rings (SSSR count). The highest BCUT2D eigenvalue weighted by Gasteiger charge is 2.55. The summed E-state index contributed by atoms with van der Waals surface area (Å²) in [7, 11) is 1.70. The maximum Gasteiger partial charge on any atom is 0.328 e. The van der Waals surface area contributed by atoms with Crippen molar-refractivity contribution in [2.75, 3.05) is 26.0 Å². The third-order valence-corrected chi connectivity index (χ3v) is 5.88. The van der Waals surface area contributed by atoms with Gasteiger partial charge in [-0.25, -0.2) is 9.79 Å². The largest absolute Gasteiger partial charge is 0.328 e. The molecule has 0 radical (unpaired) electrons. The summed E-state index contributed by atoms with van der Waals surface area (Å²) < 4.78 is 0. The van der Waals surface area contributed by atoms with E-state index in [1.807, 2.05) is 66.1 Å². The molecule has 0 aromatic heterocycles. The number of halogens is 1. The molecule has 3 amide bonds. The Balaban J connectivity index is 1.59. The van der Waals surface area contributed by atoms with E-state index >= 15 is 0 Å². The molecule has 0 bridgehead atoms. The van der Waals surface area contributed by atoms with E-state index in [4.69, 9.17) is 16.6 Å². The number of guanidine groups is 1. The van der Waals surface area contributed by atoms with Crippen LogP contribution in [0, 0.1) is 0 Å². The van der Waals surface area contributed by atoms with E-state index < -0.39 is 12.2 Å². The van der Waals surface area contributed by atoms with E-state index in [0.717, 1.165) is 17.0 Å². The fraction of sp³-hybridized carbons (Fsp3) is 0.381. The summed E-state index contributed by atoms with van der Waals surface area (Å²) >= 11 is 5.96. The number of hydrogen-bond acceptors (Lipinski definition) is 5. The van der Waals surface area contributed by atoms with Crippen LogP contribution in [0.1, 0.15) is 19.4 Å². The van der Waals surface area contributed by atoms with E-state index in [-0.39, 0.29) is 18.5 Å². The minimum absolute atomic E-state index is 0.219. The van der Waals surface area contributed by atoms with E-state index in [1.54, 1.807) is 11.9 Å². The molecule has 3 aliphatic heterocycles. The summed E-state index contributed by atoms with van der Waals surface area (Å²) in [5, 5.41) is 0. The smallest absolute Gasteiger partial charge is 0.313 e. The molecule has 0 spiro atoms. The number of carbonyl (C=O) groups is 2. The summed E-state index contributed by atoms with van der Waals surface area (Å²) in [5.74, 6) is 0.922. The predicted octanol–water partition coefficient (Wildman–Crippen LogP) is 2.77. The summed E-state index contributed by atoms with van der Waals surface area (Å²) in [6, 6.07) is 8.91. The highest BCUT2D eigenvalue weighted by Crippen LogP contribution is 2.37. The van der Waals surface area contributed by atoms with Gasteiger partial charge in [-0.3, -0.25) is 14.6 Å². The van der Waals surface area contributed by atoms with Gasteiger partial charge in [0.15, 0.2) is 12.2 Å². The number of amides is 3. The van der Waals surface area contributed by atoms with Crippen molar-refractivity contribution in [3.05, 3.63) is 53.4 Å². The molecule has 1 saturated heterocycles. The molecule has 2 unspecified atom stereocenters. The van der Waals surface area contributed by atoms with Crippen LogP contribution in [0.5, 0.6) is 0 Å². The van der Waals surface area contributed by atoms with Crippen LogP contribution in [-0.2, 0) is 4.79 Å². The number of likely N-dealkylation sites (N-methyl/N-ethyl adjacent to an activating group) is 1. The lowest BCUT2D eigenvalue weighted by Gasteiger charge is -2.40. The number of nitrogens with zero attached hydrogens (tertiary/aromatic N) is 5. The van der Waals surface area contributed by atoms with Gasteiger partial charge in [-0.05, 0) is 19.4 Å². The summed E-state index contributed by atoms with van der Waals surface area (Å²) in [4.78, 5) is 37.7. The summed E-state index contributed by atoms with van der Waals surface area (Å²) in [6.45, 7) is 4.80. The first-order valence-electron chi connectivity index (χ1n) is 9.63. The summed E-state index contributed by atoms with van der Waals surface area (Å²) in [5.41, 5.74) is 3.02. The Hall–Kier alpha value is -2.80. The molecule has 8 heteroatoms. The molecule has 3 heterocycles. The van der Waals surface area contributed by atoms with Crippen LogP contribution in [-0.4, -0.2) is 75.7 Å². The molecule has 1 aromatic rings. The van der Waals surface area contributed by atoms with Crippen LogP contribution in [0.15, 0.2) is 52.8 Å². The molecule has 2 atom stereocenters. The highest BCUT2D eigenvalue weighted by atomic mass is 35.5. The minimum atomic E-state index is -0.548. The van der Waals surface area contributed by atoms with Crippen molar-refractivity contribution in [1.29, 1.82) is 0 Å². The fourth-order valence-electron chi connectivity index (χ4n) is 4.06. The number of alkyl halides is 1. The Morgan fingerprint density at radius 1 is 1.10 bits per heavy atom. The standard InChI is InChI=1S/C21H24ClN5O2/c1-14-15(2)27-17-18(23-20(27)25(14)13-11-22)24(3)21(29)26(19(17)28)12-7-10-16-8-5-4-6-9-16/h4-10,17-18H,11-13H2,1-3H3/b10-7+. The van der Waals surface area contributed by atoms with Crippen molar-refractivity contribution < 1.29 is 9.59 Å². The van der Waals surface area contributed by atoms with E-state index in [1.165, 1.54) is 4.90 Å². The van der Waals surface area contributed by atoms with Gasteiger partial charge in [-0.2, -0.15) is 0 Å². The van der Waals surface area contributed by atoms with Crippen LogP contribution in [0.4, 0.5) is 4.79 Å². The maximum absolute atomic E-state index is 13.3. The SMILES string of the molecule is CC1=C(C)N2C(=NC3C2C(=O)N(C/C=C/c2ccccc2)C(=O)N3C)N1CCCl. The first-order valence-corrected chi connectivity index (χ1v) is 10.2. The first kappa shape index (κ1) is 19.5. The fourth-order valence-corrected chi connectivity index (χ4v) is 4.23. The molecule has 1 fully saturated rings. The third-order valence-electron chi connectivity index (χ3n) is 5.71. The Morgan fingerprint density at radius 3 is 2.52 bits per heavy atom. The number of fused-ring (bicyclic) bond motifs is 3. The highest BCUT2D eigenvalue weighted by molar-refractivity contribution is 6.18. The van der Waals surface area contributed by atoms with Gasteiger partial charge in [0.1, 0.15) is 0 Å². The quantitative estimate of drug-likeness (QED) is 0.696. The third kappa shape index (κ3) is 3.09. The van der Waals surface area contributed by atoms with Crippen molar-refractivity contribution in [1.82, 2.24) is 19.6 Å². The molecule has 7 nitrogen and oxygen atoms in total. The number of urea groups is 1. The van der Waals surface area contributed by atoms with Gasteiger partial charge >= 0.3 is 6.03 Å². The Labute approximate surface area is 175 Å². The number of benzene rings is 1. The van der Waals surface area contributed by atoms with Crippen LogP contribution >= 0.6 is 11.6 Å². The van der Waals surface area contributed by atoms with Crippen LogP contribution < -0.4 is 0 Å². The zero-order chi connectivity index (χ0) is 20.7. The second-order valence-corrected chi connectivity index (χ2v) is 7.70. The normalized spacial score (nSPS) is 24.1. The topological polar surface area (TPSA) is 59.5 Å². The van der Waals surface area contributed by atoms with Gasteiger partial charge < -0.3 is 9.80 Å². The molecule has 0 N–H and O–H groups in total. The van der Waals surface area contributed by atoms with Crippen LogP contribution in [0.2, 0.25) is 0 Å². The average Bonchev–Trinajstić information content (AvgIpc) is 3.22. The van der Waals surface area contributed by atoms with Crippen molar-refractivity contribution in [2.24, 2.45) is 4.99 Å². The maximum atomic E-state index is 13.3. The van der Waals surface area contributed by atoms with Crippen molar-refractivity contribution in [3.63, 3.8) is 0 Å². The lowest BCUT2D eigenvalue weighted by atomic mass is 10.1. The number of allylic oxidation sites excluding steroid dienone is 2. The van der Waals surface area contributed by atoms with E-state index in [0.29, 0.717) is 18.4 Å². The molecule has 152 valence electrons. The number of aliphatic imine (C=N–C) groups is 1. The lowest BCUT2D eigenvalue weighted by molar-refractivity contribution is -0.136. The van der Waals surface area contributed by atoms with Crippen LogP contribution in [0.3, 0.4) is 0 Å². The van der Waals surface area contributed by atoms with E-state index in [2.05, 4.69) is 0 Å². The van der Waals surface area contributed by atoms with Crippen LogP contribution in [0.25, 0.3) is 6.08 Å². The monoisotopic (exact) mass is 413 g/mol. The number of imide groups is 1. The number of hydrogen-bond donors (Lipinski definition) is 0. The molecule has 0 saturated carbocycles. The average molecular weight is 414 g/mol. The molecular formula is C21H24ClN5O2. The minimum Gasteiger partial charge on any atom is -0.313 e. The Morgan fingerprint density at radius 2 is 1.83 bits per heavy atom. The molecule has 29 heavy (non-hydrogen) atoms. The number of carbonyl (C=O) groups excluding carboxylic acids is 2. The first-order chi connectivity index (χ1) is 14.0. The molecule has 0 aliphatic carbocycles. The Bertz CT molecular complexity index is 926. The Kier molecular flexibility index (Phi) is 5.08. The van der Waals surface area contributed by atoms with Crippen molar-refractivity contribution in [3.8, 4) is 0 Å². The van der Waals surface area contributed by atoms with Gasteiger partial charge in [0.25, 0.3) is 5.91 Å².